The number of aromatic nitrogens is 2. The van der Waals surface area contributed by atoms with Gasteiger partial charge in [0.05, 0.1) is 18.4 Å². The fourth-order valence-corrected chi connectivity index (χ4v) is 3.93. The molecule has 0 bridgehead atoms. The van der Waals surface area contributed by atoms with Gasteiger partial charge in [0, 0.05) is 11.1 Å². The van der Waals surface area contributed by atoms with Crippen molar-refractivity contribution in [3.8, 4) is 16.5 Å². The van der Waals surface area contributed by atoms with Crippen molar-refractivity contribution < 1.29 is 18.5 Å². The van der Waals surface area contributed by atoms with Crippen molar-refractivity contribution in [2.75, 3.05) is 12.4 Å². The molecule has 5 aromatic rings. The van der Waals surface area contributed by atoms with Gasteiger partial charge in [-0.3, -0.25) is 4.79 Å². The zero-order valence-electron chi connectivity index (χ0n) is 16.5. The standard InChI is InChI=1S/C23H17N3O4S/c1-28-17-9-4-7-15-12-18(29-21(15)17)23(27)24-16-8-3-2-6-14(16)13-20-25-22(26-30-20)19-10-5-11-31-19/h2-12H,13H2,1H3,(H,24,27). The largest absolute Gasteiger partial charge is 0.493 e. The lowest BCUT2D eigenvalue weighted by molar-refractivity contribution is 0.0998. The van der Waals surface area contributed by atoms with E-state index in [1.807, 2.05) is 53.9 Å². The van der Waals surface area contributed by atoms with E-state index in [-0.39, 0.29) is 11.7 Å². The molecule has 7 nitrogen and oxygen atoms in total. The molecule has 0 aliphatic heterocycles. The molecule has 0 radical (unpaired) electrons. The number of hydrogen-bond donors (Lipinski definition) is 1. The van der Waals surface area contributed by atoms with Crippen molar-refractivity contribution in [2.45, 2.75) is 6.42 Å². The predicted octanol–water partition coefficient (Wildman–Crippen LogP) is 5.40. The molecule has 31 heavy (non-hydrogen) atoms. The lowest BCUT2D eigenvalue weighted by atomic mass is 10.1. The van der Waals surface area contributed by atoms with Crippen LogP contribution >= 0.6 is 11.3 Å². The summed E-state index contributed by atoms with van der Waals surface area (Å²) in [5, 5.41) is 9.72. The number of rotatable bonds is 6. The number of hydrogen-bond acceptors (Lipinski definition) is 7. The average molecular weight is 431 g/mol. The van der Waals surface area contributed by atoms with Crippen LogP contribution in [0.4, 0.5) is 5.69 Å². The number of para-hydroxylation sites is 2. The number of ether oxygens (including phenoxy) is 1. The lowest BCUT2D eigenvalue weighted by Crippen LogP contribution is -2.12. The van der Waals surface area contributed by atoms with E-state index in [0.29, 0.717) is 35.2 Å². The summed E-state index contributed by atoms with van der Waals surface area (Å²) in [4.78, 5) is 18.3. The maximum Gasteiger partial charge on any atom is 0.291 e. The number of benzene rings is 2. The molecule has 8 heteroatoms. The van der Waals surface area contributed by atoms with E-state index < -0.39 is 0 Å². The van der Waals surface area contributed by atoms with E-state index in [9.17, 15) is 4.79 Å². The van der Waals surface area contributed by atoms with E-state index in [1.54, 1.807) is 30.6 Å². The first-order valence-corrected chi connectivity index (χ1v) is 10.4. The first kappa shape index (κ1) is 19.1. The highest BCUT2D eigenvalue weighted by atomic mass is 32.1. The molecule has 5 rings (SSSR count). The highest BCUT2D eigenvalue weighted by Gasteiger charge is 2.17. The first-order valence-electron chi connectivity index (χ1n) is 9.53. The number of fused-ring (bicyclic) bond motifs is 1. The summed E-state index contributed by atoms with van der Waals surface area (Å²) in [6, 6.07) is 18.6. The number of nitrogens with one attached hydrogen (secondary N) is 1. The van der Waals surface area contributed by atoms with Crippen LogP contribution in [0.1, 0.15) is 22.0 Å². The van der Waals surface area contributed by atoms with Gasteiger partial charge in [0.1, 0.15) is 0 Å². The minimum absolute atomic E-state index is 0.201. The highest BCUT2D eigenvalue weighted by Crippen LogP contribution is 2.29. The fourth-order valence-electron chi connectivity index (χ4n) is 3.28. The molecule has 2 aromatic carbocycles. The number of nitrogens with zero attached hydrogens (tertiary/aromatic N) is 2. The van der Waals surface area contributed by atoms with Crippen molar-refractivity contribution >= 4 is 33.9 Å². The molecule has 0 fully saturated rings. The lowest BCUT2D eigenvalue weighted by Gasteiger charge is -2.08. The average Bonchev–Trinajstić information content (AvgIpc) is 3.54. The third kappa shape index (κ3) is 3.80. The van der Waals surface area contributed by atoms with Gasteiger partial charge < -0.3 is 19.0 Å². The first-order chi connectivity index (χ1) is 15.2. The number of anilines is 1. The predicted molar refractivity (Wildman–Crippen MR) is 118 cm³/mol. The number of furan rings is 1. The molecule has 3 heterocycles. The minimum Gasteiger partial charge on any atom is -0.493 e. The molecule has 0 aliphatic carbocycles. The van der Waals surface area contributed by atoms with Crippen LogP contribution in [0.5, 0.6) is 5.75 Å². The Morgan fingerprint density at radius 3 is 2.87 bits per heavy atom. The van der Waals surface area contributed by atoms with Crippen LogP contribution in [0.3, 0.4) is 0 Å². The smallest absolute Gasteiger partial charge is 0.291 e. The van der Waals surface area contributed by atoms with Gasteiger partial charge in [-0.05, 0) is 35.2 Å². The van der Waals surface area contributed by atoms with Crippen LogP contribution in [0, 0.1) is 0 Å². The molecule has 154 valence electrons. The Labute approximate surface area is 181 Å². The van der Waals surface area contributed by atoms with E-state index in [4.69, 9.17) is 13.7 Å². The Balaban J connectivity index is 1.38. The van der Waals surface area contributed by atoms with Gasteiger partial charge in [-0.25, -0.2) is 0 Å². The zero-order chi connectivity index (χ0) is 21.2. The Bertz CT molecular complexity index is 1350. The number of carbonyl (C=O) groups excluding carboxylic acids is 1. The van der Waals surface area contributed by atoms with Crippen molar-refractivity contribution in [3.63, 3.8) is 0 Å². The Morgan fingerprint density at radius 1 is 1.13 bits per heavy atom. The summed E-state index contributed by atoms with van der Waals surface area (Å²) in [7, 11) is 1.56. The molecule has 0 saturated carbocycles. The third-order valence-corrected chi connectivity index (χ3v) is 5.63. The summed E-state index contributed by atoms with van der Waals surface area (Å²) in [6.07, 6.45) is 0.392. The Morgan fingerprint density at radius 2 is 2.03 bits per heavy atom. The number of methoxy groups -OCH3 is 1. The second-order valence-electron chi connectivity index (χ2n) is 6.77. The van der Waals surface area contributed by atoms with Crippen LogP contribution in [0.25, 0.3) is 21.7 Å². The molecule has 0 atom stereocenters. The molecule has 0 saturated heterocycles. The Hall–Kier alpha value is -3.91. The number of thiophene rings is 1. The van der Waals surface area contributed by atoms with Crippen molar-refractivity contribution in [1.82, 2.24) is 10.1 Å². The van der Waals surface area contributed by atoms with E-state index in [0.717, 1.165) is 15.8 Å². The minimum atomic E-state index is -0.351. The van der Waals surface area contributed by atoms with Gasteiger partial charge >= 0.3 is 0 Å². The fraction of sp³-hybridized carbons (Fsp3) is 0.0870. The maximum absolute atomic E-state index is 12.9. The molecular weight excluding hydrogens is 414 g/mol. The molecular formula is C23H17N3O4S. The van der Waals surface area contributed by atoms with Crippen LogP contribution in [-0.4, -0.2) is 23.2 Å². The monoisotopic (exact) mass is 431 g/mol. The molecule has 0 unspecified atom stereocenters. The van der Waals surface area contributed by atoms with Gasteiger partial charge in [0.2, 0.25) is 11.7 Å². The van der Waals surface area contributed by atoms with Crippen LogP contribution < -0.4 is 10.1 Å². The summed E-state index contributed by atoms with van der Waals surface area (Å²) >= 11 is 1.55. The summed E-state index contributed by atoms with van der Waals surface area (Å²) in [5.74, 6) is 1.46. The topological polar surface area (TPSA) is 90.4 Å². The second-order valence-corrected chi connectivity index (χ2v) is 7.71. The number of carbonyl (C=O) groups is 1. The van der Waals surface area contributed by atoms with Gasteiger partial charge in [0.25, 0.3) is 5.91 Å². The van der Waals surface area contributed by atoms with Gasteiger partial charge in [0.15, 0.2) is 17.1 Å². The van der Waals surface area contributed by atoms with Gasteiger partial charge in [-0.15, -0.1) is 11.3 Å². The van der Waals surface area contributed by atoms with E-state index in [1.165, 1.54) is 0 Å². The summed E-state index contributed by atoms with van der Waals surface area (Å²) < 4.78 is 16.5. The molecule has 1 amide bonds. The third-order valence-electron chi connectivity index (χ3n) is 4.77. The molecule has 3 aromatic heterocycles. The highest BCUT2D eigenvalue weighted by molar-refractivity contribution is 7.13. The van der Waals surface area contributed by atoms with Crippen molar-refractivity contribution in [2.24, 2.45) is 0 Å². The van der Waals surface area contributed by atoms with Gasteiger partial charge in [-0.1, -0.05) is 41.6 Å². The SMILES string of the molecule is COc1cccc2cc(C(=O)Nc3ccccc3Cc3nc(-c4cccs4)no3)oc12. The maximum atomic E-state index is 12.9. The summed E-state index contributed by atoms with van der Waals surface area (Å²) in [5.41, 5.74) is 2.04. The molecule has 0 spiro atoms. The van der Waals surface area contributed by atoms with Crippen molar-refractivity contribution in [1.29, 1.82) is 0 Å². The Kier molecular flexibility index (Phi) is 4.97. The molecule has 1 N–H and O–H groups in total. The molecule has 0 aliphatic rings. The van der Waals surface area contributed by atoms with Crippen LogP contribution in [0.2, 0.25) is 0 Å². The zero-order valence-corrected chi connectivity index (χ0v) is 17.3. The van der Waals surface area contributed by atoms with Crippen LogP contribution in [0.15, 0.2) is 75.0 Å². The normalized spacial score (nSPS) is 11.0. The second kappa shape index (κ2) is 8.08. The summed E-state index contributed by atoms with van der Waals surface area (Å²) in [6.45, 7) is 0. The van der Waals surface area contributed by atoms with E-state index >= 15 is 0 Å². The van der Waals surface area contributed by atoms with Crippen LogP contribution in [-0.2, 0) is 6.42 Å². The van der Waals surface area contributed by atoms with E-state index in [2.05, 4.69) is 15.5 Å². The number of amides is 1. The van der Waals surface area contributed by atoms with Crippen molar-refractivity contribution in [3.05, 3.63) is 83.3 Å². The quantitative estimate of drug-likeness (QED) is 0.387. The van der Waals surface area contributed by atoms with Gasteiger partial charge in [-0.2, -0.15) is 4.98 Å².